The Kier molecular flexibility index (Phi) is 2.21. The summed E-state index contributed by atoms with van der Waals surface area (Å²) < 4.78 is 0. The van der Waals surface area contributed by atoms with E-state index < -0.39 is 0 Å². The van der Waals surface area contributed by atoms with E-state index in [0.717, 1.165) is 11.1 Å². The van der Waals surface area contributed by atoms with Crippen LogP contribution in [0.1, 0.15) is 37.5 Å². The van der Waals surface area contributed by atoms with Gasteiger partial charge in [-0.15, -0.1) is 0 Å². The molecule has 0 unspecified atom stereocenters. The minimum atomic E-state index is 0.112. The van der Waals surface area contributed by atoms with Gasteiger partial charge in [0.15, 0.2) is 5.78 Å². The Balaban J connectivity index is 2.16. The molecule has 18 heavy (non-hydrogen) atoms. The summed E-state index contributed by atoms with van der Waals surface area (Å²) in [6.45, 7) is 6.61. The Hall–Kier alpha value is -1.89. The van der Waals surface area contributed by atoms with Crippen LogP contribution in [0.25, 0.3) is 11.6 Å². The highest BCUT2D eigenvalue weighted by Crippen LogP contribution is 2.39. The molecule has 0 aromatic heterocycles. The quantitative estimate of drug-likeness (QED) is 0.667. The number of carbonyl (C=O) groups excluding carboxylic acids is 1. The molecule has 0 saturated carbocycles. The lowest BCUT2D eigenvalue weighted by atomic mass is 9.85. The zero-order valence-electron chi connectivity index (χ0n) is 10.9. The molecule has 1 heteroatoms. The van der Waals surface area contributed by atoms with Gasteiger partial charge in [0.05, 0.1) is 0 Å². The molecule has 0 amide bonds. The first-order valence-electron chi connectivity index (χ1n) is 6.26. The molecule has 3 rings (SSSR count). The molecular weight excluding hydrogens is 220 g/mol. The number of hydrogen-bond donors (Lipinski definition) is 0. The Bertz CT molecular complexity index is 634. The van der Waals surface area contributed by atoms with Crippen LogP contribution in [0.15, 0.2) is 42.0 Å². The third-order valence-corrected chi connectivity index (χ3v) is 3.57. The molecular formula is C17H16O. The summed E-state index contributed by atoms with van der Waals surface area (Å²) >= 11 is 0. The zero-order valence-corrected chi connectivity index (χ0v) is 10.9. The molecule has 1 aromatic carbocycles. The number of allylic oxidation sites excluding steroid dienone is 5. The van der Waals surface area contributed by atoms with E-state index in [0.29, 0.717) is 0 Å². The number of fused-ring (bicyclic) bond motifs is 3. The van der Waals surface area contributed by atoms with Gasteiger partial charge in [-0.2, -0.15) is 0 Å². The molecule has 0 N–H and O–H groups in total. The summed E-state index contributed by atoms with van der Waals surface area (Å²) in [5, 5.41) is 0. The van der Waals surface area contributed by atoms with Gasteiger partial charge in [-0.1, -0.05) is 51.1 Å². The maximum atomic E-state index is 11.8. The average molecular weight is 236 g/mol. The van der Waals surface area contributed by atoms with E-state index in [1.165, 1.54) is 16.7 Å². The topological polar surface area (TPSA) is 17.1 Å². The lowest BCUT2D eigenvalue weighted by Crippen LogP contribution is -2.11. The first-order valence-corrected chi connectivity index (χ1v) is 6.26. The summed E-state index contributed by atoms with van der Waals surface area (Å²) in [5.41, 5.74) is 5.68. The predicted molar refractivity (Wildman–Crippen MR) is 75.2 cm³/mol. The molecule has 0 bridgehead atoms. The fourth-order valence-corrected chi connectivity index (χ4v) is 2.48. The normalized spacial score (nSPS) is 17.2. The van der Waals surface area contributed by atoms with Gasteiger partial charge in [0.25, 0.3) is 0 Å². The highest BCUT2D eigenvalue weighted by atomic mass is 16.1. The van der Waals surface area contributed by atoms with E-state index in [2.05, 4.69) is 39.0 Å². The molecule has 0 heterocycles. The fraction of sp³-hybridized carbons (Fsp3) is 0.235. The highest BCUT2D eigenvalue weighted by Gasteiger charge is 2.25. The molecule has 1 aromatic rings. The second-order valence-corrected chi connectivity index (χ2v) is 5.91. The minimum Gasteiger partial charge on any atom is -0.289 e. The molecule has 0 atom stereocenters. The Morgan fingerprint density at radius 3 is 2.56 bits per heavy atom. The molecule has 0 radical (unpaired) electrons. The Morgan fingerprint density at radius 1 is 1.06 bits per heavy atom. The van der Waals surface area contributed by atoms with Gasteiger partial charge in [-0.25, -0.2) is 0 Å². The van der Waals surface area contributed by atoms with Crippen LogP contribution in [-0.4, -0.2) is 5.78 Å². The summed E-state index contributed by atoms with van der Waals surface area (Å²) in [5.74, 6) is 0.112. The molecule has 0 spiro atoms. The van der Waals surface area contributed by atoms with Crippen molar-refractivity contribution in [3.8, 4) is 0 Å². The van der Waals surface area contributed by atoms with Crippen molar-refractivity contribution in [2.75, 3.05) is 0 Å². The largest absolute Gasteiger partial charge is 0.289 e. The van der Waals surface area contributed by atoms with E-state index in [1.54, 1.807) is 6.08 Å². The van der Waals surface area contributed by atoms with Crippen LogP contribution in [0, 0.1) is 0 Å². The van der Waals surface area contributed by atoms with Gasteiger partial charge in [0.2, 0.25) is 0 Å². The van der Waals surface area contributed by atoms with Crippen LogP contribution in [0.3, 0.4) is 0 Å². The van der Waals surface area contributed by atoms with Crippen molar-refractivity contribution in [3.05, 3.63) is 58.7 Å². The molecule has 0 saturated heterocycles. The van der Waals surface area contributed by atoms with Crippen LogP contribution in [0.4, 0.5) is 0 Å². The van der Waals surface area contributed by atoms with Crippen molar-refractivity contribution in [2.24, 2.45) is 0 Å². The molecule has 2 aliphatic rings. The minimum absolute atomic E-state index is 0.112. The number of carbonyl (C=O) groups is 1. The SMILES string of the molecule is CC(C)(C)c1ccc2c(c1)C=C1C(=O)C=CC=C12. The molecule has 2 aliphatic carbocycles. The molecule has 0 aliphatic heterocycles. The lowest BCUT2D eigenvalue weighted by Gasteiger charge is -2.20. The van der Waals surface area contributed by atoms with Crippen LogP contribution < -0.4 is 0 Å². The van der Waals surface area contributed by atoms with E-state index >= 15 is 0 Å². The van der Waals surface area contributed by atoms with Gasteiger partial charge < -0.3 is 0 Å². The first kappa shape index (κ1) is 11.2. The van der Waals surface area contributed by atoms with Gasteiger partial charge in [-0.05, 0) is 39.8 Å². The maximum Gasteiger partial charge on any atom is 0.186 e. The molecule has 0 fully saturated rings. The monoisotopic (exact) mass is 236 g/mol. The van der Waals surface area contributed by atoms with Crippen LogP contribution in [0.2, 0.25) is 0 Å². The smallest absolute Gasteiger partial charge is 0.186 e. The van der Waals surface area contributed by atoms with Gasteiger partial charge in [0.1, 0.15) is 0 Å². The van der Waals surface area contributed by atoms with Crippen LogP contribution >= 0.6 is 0 Å². The zero-order chi connectivity index (χ0) is 12.9. The second kappa shape index (κ2) is 3.55. The van der Waals surface area contributed by atoms with E-state index in [1.807, 2.05) is 18.2 Å². The first-order chi connectivity index (χ1) is 8.47. The number of hydrogen-bond acceptors (Lipinski definition) is 1. The van der Waals surface area contributed by atoms with Crippen molar-refractivity contribution >= 4 is 17.4 Å². The van der Waals surface area contributed by atoms with E-state index in [-0.39, 0.29) is 11.2 Å². The lowest BCUT2D eigenvalue weighted by molar-refractivity contribution is -0.110. The van der Waals surface area contributed by atoms with E-state index in [4.69, 9.17) is 0 Å². The third-order valence-electron chi connectivity index (χ3n) is 3.57. The van der Waals surface area contributed by atoms with Crippen molar-refractivity contribution < 1.29 is 4.79 Å². The Morgan fingerprint density at radius 2 is 1.83 bits per heavy atom. The van der Waals surface area contributed by atoms with E-state index in [9.17, 15) is 4.79 Å². The van der Waals surface area contributed by atoms with Crippen LogP contribution in [0.5, 0.6) is 0 Å². The van der Waals surface area contributed by atoms with Crippen molar-refractivity contribution in [3.63, 3.8) is 0 Å². The van der Waals surface area contributed by atoms with Crippen molar-refractivity contribution in [1.29, 1.82) is 0 Å². The third kappa shape index (κ3) is 1.59. The Labute approximate surface area is 108 Å². The number of benzene rings is 1. The summed E-state index contributed by atoms with van der Waals surface area (Å²) in [7, 11) is 0. The van der Waals surface area contributed by atoms with Gasteiger partial charge in [-0.3, -0.25) is 4.79 Å². The molecule has 90 valence electrons. The average Bonchev–Trinajstić information content (AvgIpc) is 2.67. The van der Waals surface area contributed by atoms with Gasteiger partial charge in [0, 0.05) is 5.57 Å². The molecule has 1 nitrogen and oxygen atoms in total. The number of rotatable bonds is 0. The second-order valence-electron chi connectivity index (χ2n) is 5.91. The van der Waals surface area contributed by atoms with Crippen molar-refractivity contribution in [2.45, 2.75) is 26.2 Å². The predicted octanol–water partition coefficient (Wildman–Crippen LogP) is 3.90. The summed E-state index contributed by atoms with van der Waals surface area (Å²) in [6, 6.07) is 6.51. The van der Waals surface area contributed by atoms with Crippen LogP contribution in [-0.2, 0) is 10.2 Å². The summed E-state index contributed by atoms with van der Waals surface area (Å²) in [4.78, 5) is 11.8. The maximum absolute atomic E-state index is 11.8. The fourth-order valence-electron chi connectivity index (χ4n) is 2.48. The number of ketones is 1. The van der Waals surface area contributed by atoms with Gasteiger partial charge >= 0.3 is 0 Å². The highest BCUT2D eigenvalue weighted by molar-refractivity contribution is 6.23. The summed E-state index contributed by atoms with van der Waals surface area (Å²) in [6.07, 6.45) is 7.51. The standard InChI is InChI=1S/C17H16O/c1-17(2,3)12-7-8-13-11(9-12)10-15-14(13)5-4-6-16(15)18/h4-10H,1-3H3. The van der Waals surface area contributed by atoms with Crippen molar-refractivity contribution in [1.82, 2.24) is 0 Å².